The molecule has 1 aliphatic rings. The highest BCUT2D eigenvalue weighted by Crippen LogP contribution is 2.30. The number of nitrogens with two attached hydrogens (primary N) is 1. The second-order valence-corrected chi connectivity index (χ2v) is 8.34. The number of nitrogen functional groups attached to an aromatic ring is 1. The number of carbonyl (C=O) groups is 1. The van der Waals surface area contributed by atoms with Crippen LogP contribution in [0.5, 0.6) is 0 Å². The van der Waals surface area contributed by atoms with Gasteiger partial charge in [0, 0.05) is 44.5 Å². The number of piperazine rings is 1. The Bertz CT molecular complexity index is 801. The Hall–Kier alpha value is -2.24. The minimum absolute atomic E-state index is 0. The van der Waals surface area contributed by atoms with Crippen LogP contribution in [0.1, 0.15) is 37.0 Å². The molecule has 0 saturated carbocycles. The number of carbonyl (C=O) groups excluding carboxylic acids is 1. The van der Waals surface area contributed by atoms with Crippen LogP contribution >= 0.6 is 12.4 Å². The third-order valence-electron chi connectivity index (χ3n) is 5.67. The standard InChI is InChI=1S/C24H34N4O.ClH/c1-19(2)7-6-14-27-15-17-28(18-16-27)23-9-5-4-8-22(23)26(3)24(29)20-10-12-21(25)13-11-20;/h4-5,8-13,19H,6-7,14-18,25H2,1-3H3;1H. The van der Waals surface area contributed by atoms with Crippen LogP contribution in [0.3, 0.4) is 0 Å². The molecular weight excluding hydrogens is 396 g/mol. The second kappa shape index (κ2) is 11.2. The average Bonchev–Trinajstić information content (AvgIpc) is 2.73. The lowest BCUT2D eigenvalue weighted by Crippen LogP contribution is -2.47. The maximum atomic E-state index is 13.0. The lowest BCUT2D eigenvalue weighted by molar-refractivity contribution is 0.0993. The summed E-state index contributed by atoms with van der Waals surface area (Å²) in [5, 5.41) is 0. The molecule has 1 aliphatic heterocycles. The van der Waals surface area contributed by atoms with Crippen molar-refractivity contribution in [3.63, 3.8) is 0 Å². The van der Waals surface area contributed by atoms with E-state index in [0.29, 0.717) is 11.3 Å². The molecule has 2 aromatic carbocycles. The first-order chi connectivity index (χ1) is 14.0. The molecule has 30 heavy (non-hydrogen) atoms. The molecule has 1 heterocycles. The van der Waals surface area contributed by atoms with Crippen LogP contribution in [-0.2, 0) is 0 Å². The van der Waals surface area contributed by atoms with Crippen LogP contribution in [0.2, 0.25) is 0 Å². The average molecular weight is 431 g/mol. The van der Waals surface area contributed by atoms with E-state index >= 15 is 0 Å². The first-order valence-corrected chi connectivity index (χ1v) is 10.7. The van der Waals surface area contributed by atoms with Crippen LogP contribution in [-0.4, -0.2) is 50.6 Å². The molecule has 0 bridgehead atoms. The summed E-state index contributed by atoms with van der Waals surface area (Å²) in [6.07, 6.45) is 2.56. The predicted octanol–water partition coefficient (Wildman–Crippen LogP) is 4.53. The monoisotopic (exact) mass is 430 g/mol. The molecule has 1 fully saturated rings. The fourth-order valence-electron chi connectivity index (χ4n) is 3.88. The molecule has 6 heteroatoms. The van der Waals surface area contributed by atoms with Gasteiger partial charge in [0.1, 0.15) is 0 Å². The molecule has 0 radical (unpaired) electrons. The van der Waals surface area contributed by atoms with Gasteiger partial charge in [0.15, 0.2) is 0 Å². The zero-order valence-electron chi connectivity index (χ0n) is 18.4. The molecule has 5 nitrogen and oxygen atoms in total. The summed E-state index contributed by atoms with van der Waals surface area (Å²) < 4.78 is 0. The Morgan fingerprint density at radius 1 is 1.03 bits per heavy atom. The summed E-state index contributed by atoms with van der Waals surface area (Å²) >= 11 is 0. The van der Waals surface area contributed by atoms with Crippen LogP contribution in [0.25, 0.3) is 0 Å². The third kappa shape index (κ3) is 6.13. The van der Waals surface area contributed by atoms with E-state index in [1.807, 2.05) is 19.2 Å². The SMILES string of the molecule is CC(C)CCCN1CCN(c2ccccc2N(C)C(=O)c2ccc(N)cc2)CC1.Cl. The molecule has 1 amide bonds. The number of amides is 1. The molecule has 0 atom stereocenters. The molecule has 164 valence electrons. The summed E-state index contributed by atoms with van der Waals surface area (Å²) in [5.41, 5.74) is 9.14. The van der Waals surface area contributed by atoms with Crippen molar-refractivity contribution in [3.8, 4) is 0 Å². The van der Waals surface area contributed by atoms with Crippen molar-refractivity contribution in [1.29, 1.82) is 0 Å². The van der Waals surface area contributed by atoms with Gasteiger partial charge < -0.3 is 15.5 Å². The molecule has 0 spiro atoms. The van der Waals surface area contributed by atoms with E-state index < -0.39 is 0 Å². The van der Waals surface area contributed by atoms with E-state index in [-0.39, 0.29) is 18.3 Å². The summed E-state index contributed by atoms with van der Waals surface area (Å²) in [6.45, 7) is 9.88. The number of hydrogen-bond acceptors (Lipinski definition) is 4. The third-order valence-corrected chi connectivity index (χ3v) is 5.67. The minimum atomic E-state index is -0.0234. The fourth-order valence-corrected chi connectivity index (χ4v) is 3.88. The Labute approximate surface area is 187 Å². The van der Waals surface area contributed by atoms with Gasteiger partial charge in [-0.2, -0.15) is 0 Å². The zero-order valence-corrected chi connectivity index (χ0v) is 19.2. The topological polar surface area (TPSA) is 52.8 Å². The van der Waals surface area contributed by atoms with Crippen molar-refractivity contribution < 1.29 is 4.79 Å². The maximum absolute atomic E-state index is 13.0. The van der Waals surface area contributed by atoms with Crippen molar-refractivity contribution in [2.45, 2.75) is 26.7 Å². The van der Waals surface area contributed by atoms with Gasteiger partial charge in [-0.15, -0.1) is 12.4 Å². The summed E-state index contributed by atoms with van der Waals surface area (Å²) in [6, 6.07) is 15.3. The summed E-state index contributed by atoms with van der Waals surface area (Å²) in [4.78, 5) is 19.7. The van der Waals surface area contributed by atoms with Gasteiger partial charge in [-0.3, -0.25) is 9.69 Å². The fraction of sp³-hybridized carbons (Fsp3) is 0.458. The molecular formula is C24H35ClN4O. The van der Waals surface area contributed by atoms with E-state index in [4.69, 9.17) is 5.73 Å². The second-order valence-electron chi connectivity index (χ2n) is 8.34. The lowest BCUT2D eigenvalue weighted by atomic mass is 10.1. The van der Waals surface area contributed by atoms with Crippen LogP contribution in [0.4, 0.5) is 17.1 Å². The van der Waals surface area contributed by atoms with E-state index in [1.165, 1.54) is 19.4 Å². The number of para-hydroxylation sites is 2. The van der Waals surface area contributed by atoms with E-state index in [1.54, 1.807) is 29.2 Å². The van der Waals surface area contributed by atoms with Crippen LogP contribution in [0.15, 0.2) is 48.5 Å². The molecule has 0 aliphatic carbocycles. The first-order valence-electron chi connectivity index (χ1n) is 10.7. The number of rotatable bonds is 7. The van der Waals surface area contributed by atoms with Gasteiger partial charge in [-0.05, 0) is 61.7 Å². The van der Waals surface area contributed by atoms with Crippen molar-refractivity contribution >= 4 is 35.4 Å². The Balaban J connectivity index is 0.00000320. The van der Waals surface area contributed by atoms with Gasteiger partial charge in [0.25, 0.3) is 5.91 Å². The lowest BCUT2D eigenvalue weighted by Gasteiger charge is -2.38. The van der Waals surface area contributed by atoms with E-state index in [2.05, 4.69) is 35.8 Å². The Morgan fingerprint density at radius 2 is 1.67 bits per heavy atom. The molecule has 0 unspecified atom stereocenters. The van der Waals surface area contributed by atoms with Gasteiger partial charge in [-0.1, -0.05) is 26.0 Å². The molecule has 0 aromatic heterocycles. The highest BCUT2D eigenvalue weighted by molar-refractivity contribution is 6.07. The Morgan fingerprint density at radius 3 is 2.30 bits per heavy atom. The maximum Gasteiger partial charge on any atom is 0.258 e. The van der Waals surface area contributed by atoms with Crippen molar-refractivity contribution in [1.82, 2.24) is 4.90 Å². The van der Waals surface area contributed by atoms with E-state index in [9.17, 15) is 4.79 Å². The largest absolute Gasteiger partial charge is 0.399 e. The number of nitrogens with zero attached hydrogens (tertiary/aromatic N) is 3. The summed E-state index contributed by atoms with van der Waals surface area (Å²) in [5.74, 6) is 0.752. The zero-order chi connectivity index (χ0) is 20.8. The molecule has 2 N–H and O–H groups in total. The highest BCUT2D eigenvalue weighted by atomic mass is 35.5. The number of halogens is 1. The van der Waals surface area contributed by atoms with Crippen LogP contribution in [0, 0.1) is 5.92 Å². The quantitative estimate of drug-likeness (QED) is 0.656. The van der Waals surface area contributed by atoms with Gasteiger partial charge in [0.05, 0.1) is 11.4 Å². The number of anilines is 3. The number of benzene rings is 2. The first kappa shape index (κ1) is 24.0. The molecule has 2 aromatic rings. The predicted molar refractivity (Wildman–Crippen MR) is 130 cm³/mol. The highest BCUT2D eigenvalue weighted by Gasteiger charge is 2.22. The smallest absolute Gasteiger partial charge is 0.258 e. The van der Waals surface area contributed by atoms with Crippen molar-refractivity contribution in [2.75, 3.05) is 55.3 Å². The van der Waals surface area contributed by atoms with Gasteiger partial charge in [0.2, 0.25) is 0 Å². The Kier molecular flexibility index (Phi) is 9.00. The minimum Gasteiger partial charge on any atom is -0.399 e. The summed E-state index contributed by atoms with van der Waals surface area (Å²) in [7, 11) is 1.85. The molecule has 3 rings (SSSR count). The van der Waals surface area contributed by atoms with Gasteiger partial charge >= 0.3 is 0 Å². The normalized spacial score (nSPS) is 14.5. The van der Waals surface area contributed by atoms with Crippen molar-refractivity contribution in [2.24, 2.45) is 5.92 Å². The van der Waals surface area contributed by atoms with Crippen molar-refractivity contribution in [3.05, 3.63) is 54.1 Å². The number of hydrogen-bond donors (Lipinski definition) is 1. The molecule has 1 saturated heterocycles. The van der Waals surface area contributed by atoms with Crippen LogP contribution < -0.4 is 15.5 Å². The van der Waals surface area contributed by atoms with Gasteiger partial charge in [-0.25, -0.2) is 0 Å². The van der Waals surface area contributed by atoms with E-state index in [0.717, 1.165) is 43.5 Å².